The molecule has 1 fully saturated rings. The Morgan fingerprint density at radius 3 is 2.62 bits per heavy atom. The summed E-state index contributed by atoms with van der Waals surface area (Å²) in [5, 5.41) is 2.93. The Kier molecular flexibility index (Phi) is 10.1. The zero-order chi connectivity index (χ0) is 27.0. The second-order valence-electron chi connectivity index (χ2n) is 8.67. The van der Waals surface area contributed by atoms with Crippen LogP contribution >= 0.6 is 7.82 Å². The van der Waals surface area contributed by atoms with E-state index >= 15 is 0 Å². The quantitative estimate of drug-likeness (QED) is 0.351. The van der Waals surface area contributed by atoms with Gasteiger partial charge in [0, 0.05) is 38.2 Å². The molecule has 1 aromatic carbocycles. The van der Waals surface area contributed by atoms with Gasteiger partial charge in [-0.3, -0.25) is 4.52 Å². The zero-order valence-corrected chi connectivity index (χ0v) is 21.9. The van der Waals surface area contributed by atoms with E-state index in [4.69, 9.17) is 24.0 Å². The molecule has 1 aliphatic heterocycles. The topological polar surface area (TPSA) is 140 Å². The number of phosphoric ester groups is 1. The summed E-state index contributed by atoms with van der Waals surface area (Å²) in [5.74, 6) is 0.484. The lowest BCUT2D eigenvalue weighted by atomic mass is 10.1. The number of phosphoric acid groups is 1. The summed E-state index contributed by atoms with van der Waals surface area (Å²) >= 11 is 0. The van der Waals surface area contributed by atoms with Crippen LogP contribution in [0.4, 0.5) is 20.7 Å². The van der Waals surface area contributed by atoms with Crippen LogP contribution in [0.1, 0.15) is 39.2 Å². The van der Waals surface area contributed by atoms with Gasteiger partial charge in [-0.2, -0.15) is 0 Å². The van der Waals surface area contributed by atoms with E-state index < -0.39 is 13.6 Å². The first kappa shape index (κ1) is 28.6. The van der Waals surface area contributed by atoms with Gasteiger partial charge in [-0.05, 0) is 44.9 Å². The van der Waals surface area contributed by atoms with Gasteiger partial charge >= 0.3 is 13.9 Å². The molecule has 1 saturated heterocycles. The van der Waals surface area contributed by atoms with Crippen molar-refractivity contribution >= 4 is 25.4 Å². The number of carbonyl (C=O) groups is 1. The third-order valence-corrected chi connectivity index (χ3v) is 5.94. The van der Waals surface area contributed by atoms with Gasteiger partial charge in [-0.15, -0.1) is 0 Å². The maximum atomic E-state index is 14.8. The van der Waals surface area contributed by atoms with Crippen LogP contribution in [0.5, 0.6) is 11.5 Å². The molecule has 0 unspecified atom stereocenters. The lowest BCUT2D eigenvalue weighted by molar-refractivity contribution is 0.0509. The Hall–Kier alpha value is -2.92. The smallest absolute Gasteiger partial charge is 0.469 e. The van der Waals surface area contributed by atoms with Gasteiger partial charge in [0.2, 0.25) is 5.75 Å². The van der Waals surface area contributed by atoms with Crippen molar-refractivity contribution in [1.82, 2.24) is 9.88 Å². The van der Waals surface area contributed by atoms with Crippen molar-refractivity contribution in [2.45, 2.75) is 52.2 Å². The van der Waals surface area contributed by atoms with Crippen LogP contribution in [0.3, 0.4) is 0 Å². The van der Waals surface area contributed by atoms with Crippen molar-refractivity contribution in [2.24, 2.45) is 0 Å². The van der Waals surface area contributed by atoms with E-state index in [2.05, 4.69) is 14.8 Å². The largest absolute Gasteiger partial charge is 0.487 e. The maximum absolute atomic E-state index is 14.8. The number of hydrogen-bond donors (Lipinski definition) is 3. The number of benzene rings is 1. The highest BCUT2D eigenvalue weighted by Gasteiger charge is 2.27. The molecule has 37 heavy (non-hydrogen) atoms. The highest BCUT2D eigenvalue weighted by atomic mass is 31.2. The summed E-state index contributed by atoms with van der Waals surface area (Å²) in [6, 6.07) is 6.05. The fourth-order valence-corrected chi connectivity index (χ4v) is 4.06. The summed E-state index contributed by atoms with van der Waals surface area (Å²) < 4.78 is 47.2. The Bertz CT molecular complexity index is 1110. The molecule has 3 rings (SSSR count). The predicted octanol–water partition coefficient (Wildman–Crippen LogP) is 4.40. The first-order chi connectivity index (χ1) is 17.6. The molecule has 0 radical (unpaired) electrons. The number of hydrogen-bond acceptors (Lipinski definition) is 8. The minimum Gasteiger partial charge on any atom is -0.487 e. The fraction of sp³-hybridized carbons (Fsp3) is 0.500. The van der Waals surface area contributed by atoms with Gasteiger partial charge in [0.05, 0.1) is 25.0 Å². The number of carbonyl (C=O) groups excluding carboxylic acids is 1. The van der Waals surface area contributed by atoms with Gasteiger partial charge < -0.3 is 34.2 Å². The lowest BCUT2D eigenvalue weighted by Gasteiger charge is -2.32. The summed E-state index contributed by atoms with van der Waals surface area (Å²) in [4.78, 5) is 35.6. The molecule has 0 saturated carbocycles. The summed E-state index contributed by atoms with van der Waals surface area (Å²) in [5.41, 5.74) is 0.650. The fourth-order valence-electron chi connectivity index (χ4n) is 3.73. The second kappa shape index (κ2) is 13.0. The number of halogens is 1. The molecule has 2 aromatic rings. The third-order valence-electron chi connectivity index (χ3n) is 5.42. The Morgan fingerprint density at radius 1 is 1.27 bits per heavy atom. The third kappa shape index (κ3) is 8.85. The van der Waals surface area contributed by atoms with Crippen molar-refractivity contribution in [1.29, 1.82) is 0 Å². The molecule has 2 heterocycles. The molecular formula is C24H33FN3O8P. The van der Waals surface area contributed by atoms with E-state index in [1.807, 2.05) is 20.8 Å². The van der Waals surface area contributed by atoms with Crippen LogP contribution in [0, 0.1) is 5.82 Å². The molecule has 11 nitrogen and oxygen atoms in total. The number of aromatic nitrogens is 1. The number of nitrogens with zero attached hydrogens (tertiary/aromatic N) is 2. The molecule has 13 heteroatoms. The Morgan fingerprint density at radius 2 is 2.00 bits per heavy atom. The number of piperidine rings is 1. The van der Waals surface area contributed by atoms with Gasteiger partial charge in [0.1, 0.15) is 11.9 Å². The molecule has 1 amide bonds. The van der Waals surface area contributed by atoms with Crippen molar-refractivity contribution in [3.63, 3.8) is 0 Å². The van der Waals surface area contributed by atoms with E-state index in [9.17, 15) is 13.8 Å². The second-order valence-corrected chi connectivity index (χ2v) is 9.91. The zero-order valence-electron chi connectivity index (χ0n) is 21.1. The molecule has 0 atom stereocenters. The standard InChI is InChI=1S/C24H33FN3O8P/c1-4-33-22-21(36-18-8-12-28(13-9-18)24(29)35-16(2)3)7-11-26-23(22)27-20-6-5-17(15-19(20)25)10-14-34-37(30,31)32/h5-7,11,15-16,18H,4,8-10,12-14H2,1-3H3,(H,26,27)(H2,30,31,32). The Balaban J connectivity index is 1.67. The number of likely N-dealkylation sites (tertiary alicyclic amines) is 1. The van der Waals surface area contributed by atoms with Gasteiger partial charge in [0.15, 0.2) is 11.6 Å². The van der Waals surface area contributed by atoms with Crippen LogP contribution in [-0.2, 0) is 20.2 Å². The van der Waals surface area contributed by atoms with Crippen LogP contribution in [0.2, 0.25) is 0 Å². The lowest BCUT2D eigenvalue weighted by Crippen LogP contribution is -2.42. The van der Waals surface area contributed by atoms with E-state index in [0.29, 0.717) is 49.6 Å². The number of nitrogens with one attached hydrogen (secondary N) is 1. The number of anilines is 2. The Labute approximate surface area is 215 Å². The highest BCUT2D eigenvalue weighted by molar-refractivity contribution is 7.46. The maximum Gasteiger partial charge on any atom is 0.469 e. The van der Waals surface area contributed by atoms with Crippen molar-refractivity contribution in [3.05, 3.63) is 41.8 Å². The van der Waals surface area contributed by atoms with Crippen LogP contribution in [0.25, 0.3) is 0 Å². The van der Waals surface area contributed by atoms with E-state index in [0.717, 1.165) is 0 Å². The molecule has 0 aliphatic carbocycles. The first-order valence-corrected chi connectivity index (χ1v) is 13.6. The SMILES string of the molecule is CCOc1c(OC2CCN(C(=O)OC(C)C)CC2)ccnc1Nc1ccc(CCOP(=O)(O)O)cc1F. The number of ether oxygens (including phenoxy) is 3. The van der Waals surface area contributed by atoms with Gasteiger partial charge in [0.25, 0.3) is 0 Å². The molecule has 0 spiro atoms. The predicted molar refractivity (Wildman–Crippen MR) is 134 cm³/mol. The highest BCUT2D eigenvalue weighted by Crippen LogP contribution is 2.38. The van der Waals surface area contributed by atoms with E-state index in [-0.39, 0.29) is 42.8 Å². The van der Waals surface area contributed by atoms with Crippen LogP contribution in [-0.4, -0.2) is 64.3 Å². The average Bonchev–Trinajstić information content (AvgIpc) is 2.82. The van der Waals surface area contributed by atoms with E-state index in [1.165, 1.54) is 18.3 Å². The van der Waals surface area contributed by atoms with E-state index in [1.54, 1.807) is 17.0 Å². The van der Waals surface area contributed by atoms with Crippen LogP contribution in [0.15, 0.2) is 30.5 Å². The minimum atomic E-state index is -4.58. The number of rotatable bonds is 11. The van der Waals surface area contributed by atoms with Gasteiger partial charge in [-0.1, -0.05) is 6.07 Å². The normalized spacial score (nSPS) is 14.5. The summed E-state index contributed by atoms with van der Waals surface area (Å²) in [6.45, 7) is 6.53. The first-order valence-electron chi connectivity index (χ1n) is 12.0. The molecule has 3 N–H and O–H groups in total. The van der Waals surface area contributed by atoms with Crippen LogP contribution < -0.4 is 14.8 Å². The number of amides is 1. The molecule has 1 aliphatic rings. The molecule has 1 aromatic heterocycles. The van der Waals surface area contributed by atoms with Gasteiger partial charge in [-0.25, -0.2) is 18.7 Å². The molecular weight excluding hydrogens is 508 g/mol. The molecule has 0 bridgehead atoms. The average molecular weight is 542 g/mol. The number of pyridine rings is 1. The molecule has 204 valence electrons. The summed E-state index contributed by atoms with van der Waals surface area (Å²) in [7, 11) is -4.58. The monoisotopic (exact) mass is 541 g/mol. The van der Waals surface area contributed by atoms with Crippen molar-refractivity contribution in [3.8, 4) is 11.5 Å². The minimum absolute atomic E-state index is 0.127. The van der Waals surface area contributed by atoms with Crippen molar-refractivity contribution < 1.29 is 42.3 Å². The van der Waals surface area contributed by atoms with Crippen molar-refractivity contribution in [2.75, 3.05) is 31.6 Å². The summed E-state index contributed by atoms with van der Waals surface area (Å²) in [6.07, 6.45) is 2.23.